The summed E-state index contributed by atoms with van der Waals surface area (Å²) >= 11 is 0. The third kappa shape index (κ3) is 7.63. The fourth-order valence-corrected chi connectivity index (χ4v) is 2.99. The molecular weight excluding hydrogens is 392 g/mol. The fraction of sp³-hybridized carbons (Fsp3) is 0.440. The molecule has 1 aromatic rings. The van der Waals surface area contributed by atoms with E-state index < -0.39 is 5.97 Å². The third-order valence-electron chi connectivity index (χ3n) is 4.95. The molecule has 0 amide bonds. The summed E-state index contributed by atoms with van der Waals surface area (Å²) in [4.78, 5) is 19.0. The van der Waals surface area contributed by atoms with Crippen molar-refractivity contribution in [2.45, 2.75) is 46.5 Å². The van der Waals surface area contributed by atoms with Crippen LogP contribution in [-0.4, -0.2) is 38.0 Å². The smallest absolute Gasteiger partial charge is 0.367 e. The van der Waals surface area contributed by atoms with Gasteiger partial charge in [-0.15, -0.1) is 0 Å². The Morgan fingerprint density at radius 2 is 1.61 bits per heavy atom. The highest BCUT2D eigenvalue weighted by molar-refractivity contribution is 6.25. The van der Waals surface area contributed by atoms with Gasteiger partial charge < -0.3 is 19.2 Å². The number of hydrogen-bond acceptors (Lipinski definition) is 6. The van der Waals surface area contributed by atoms with Crippen molar-refractivity contribution >= 4 is 23.4 Å². The lowest BCUT2D eigenvalue weighted by molar-refractivity contribution is -0.136. The summed E-state index contributed by atoms with van der Waals surface area (Å²) in [7, 11) is 0. The van der Waals surface area contributed by atoms with Crippen molar-refractivity contribution in [1.82, 2.24) is 0 Å². The van der Waals surface area contributed by atoms with E-state index in [1.807, 2.05) is 51.1 Å². The maximum Gasteiger partial charge on any atom is 0.367 e. The normalized spacial score (nSPS) is 14.2. The van der Waals surface area contributed by atoms with Gasteiger partial charge in [0.15, 0.2) is 0 Å². The minimum absolute atomic E-state index is 0.393. The molecule has 0 aliphatic carbocycles. The van der Waals surface area contributed by atoms with Crippen molar-refractivity contribution in [3.8, 4) is 0 Å². The van der Waals surface area contributed by atoms with Gasteiger partial charge in [0.2, 0.25) is 0 Å². The zero-order valence-corrected chi connectivity index (χ0v) is 19.0. The highest BCUT2D eigenvalue weighted by atomic mass is 16.7. The molecule has 6 nitrogen and oxygen atoms in total. The SMILES string of the molecule is C=C(CC)OCCN(CCOC(=C)CC)c1ccc(/C=C2\C(=O)ON=C2CCC)cc1. The first kappa shape index (κ1) is 24.3. The van der Waals surface area contributed by atoms with E-state index in [-0.39, 0.29) is 0 Å². The second-order valence-corrected chi connectivity index (χ2v) is 7.28. The topological polar surface area (TPSA) is 60.4 Å². The predicted molar refractivity (Wildman–Crippen MR) is 126 cm³/mol. The lowest BCUT2D eigenvalue weighted by atomic mass is 10.0. The number of anilines is 1. The van der Waals surface area contributed by atoms with Gasteiger partial charge in [-0.05, 0) is 30.2 Å². The van der Waals surface area contributed by atoms with Gasteiger partial charge in [-0.2, -0.15) is 0 Å². The summed E-state index contributed by atoms with van der Waals surface area (Å²) < 4.78 is 11.4. The average molecular weight is 427 g/mol. The summed E-state index contributed by atoms with van der Waals surface area (Å²) in [5.74, 6) is 1.17. The van der Waals surface area contributed by atoms with Crippen LogP contribution < -0.4 is 4.90 Å². The fourth-order valence-electron chi connectivity index (χ4n) is 2.99. The molecule has 0 unspecified atom stereocenters. The molecule has 0 atom stereocenters. The van der Waals surface area contributed by atoms with Crippen LogP contribution in [-0.2, 0) is 19.1 Å². The lowest BCUT2D eigenvalue weighted by Crippen LogP contribution is -2.30. The Balaban J connectivity index is 2.09. The summed E-state index contributed by atoms with van der Waals surface area (Å²) in [6, 6.07) is 8.05. The van der Waals surface area contributed by atoms with Gasteiger partial charge in [-0.3, -0.25) is 0 Å². The molecule has 0 spiro atoms. The maximum atomic E-state index is 12.0. The molecule has 0 bridgehead atoms. The van der Waals surface area contributed by atoms with E-state index in [9.17, 15) is 4.79 Å². The van der Waals surface area contributed by atoms with Gasteiger partial charge in [-0.25, -0.2) is 4.79 Å². The lowest BCUT2D eigenvalue weighted by Gasteiger charge is -2.25. The molecule has 2 rings (SSSR count). The Kier molecular flexibility index (Phi) is 9.88. The van der Waals surface area contributed by atoms with Crippen molar-refractivity contribution in [3.63, 3.8) is 0 Å². The van der Waals surface area contributed by atoms with Crippen molar-refractivity contribution in [2.24, 2.45) is 5.16 Å². The monoisotopic (exact) mass is 426 g/mol. The predicted octanol–water partition coefficient (Wildman–Crippen LogP) is 5.47. The van der Waals surface area contributed by atoms with Gasteiger partial charge >= 0.3 is 5.97 Å². The Bertz CT molecular complexity index is 802. The van der Waals surface area contributed by atoms with Crippen LogP contribution in [0.1, 0.15) is 52.0 Å². The summed E-state index contributed by atoms with van der Waals surface area (Å²) in [5, 5.41) is 3.89. The van der Waals surface area contributed by atoms with Crippen molar-refractivity contribution in [2.75, 3.05) is 31.2 Å². The van der Waals surface area contributed by atoms with Gasteiger partial charge in [0.05, 0.1) is 35.9 Å². The molecule has 0 fully saturated rings. The maximum absolute atomic E-state index is 12.0. The number of ether oxygens (including phenoxy) is 2. The molecule has 0 aromatic heterocycles. The van der Waals surface area contributed by atoms with Crippen LogP contribution in [0.25, 0.3) is 6.08 Å². The molecule has 31 heavy (non-hydrogen) atoms. The van der Waals surface area contributed by atoms with E-state index in [1.54, 1.807) is 0 Å². The first-order valence-electron chi connectivity index (χ1n) is 10.9. The number of oxime groups is 1. The number of hydrogen-bond donors (Lipinski definition) is 0. The molecule has 1 heterocycles. The standard InChI is InChI=1S/C25H34N2O4/c1-6-9-24-23(25(28)31-26-24)18-21-10-12-22(13-11-21)27(14-16-29-19(4)7-2)15-17-30-20(5)8-3/h10-13,18H,4-9,14-17H2,1-3H3/b23-18-. The number of benzene rings is 1. The van der Waals surface area contributed by atoms with Crippen molar-refractivity contribution in [1.29, 1.82) is 0 Å². The molecule has 0 saturated heterocycles. The molecule has 1 aromatic carbocycles. The molecular formula is C25H34N2O4. The zero-order valence-electron chi connectivity index (χ0n) is 19.0. The van der Waals surface area contributed by atoms with Crippen LogP contribution in [0.2, 0.25) is 0 Å². The first-order chi connectivity index (χ1) is 15.0. The number of allylic oxidation sites excluding steroid dienone is 2. The molecule has 6 heteroatoms. The quantitative estimate of drug-likeness (QED) is 0.224. The summed E-state index contributed by atoms with van der Waals surface area (Å²) in [5.41, 5.74) is 3.21. The minimum Gasteiger partial charge on any atom is -0.497 e. The van der Waals surface area contributed by atoms with E-state index in [0.717, 1.165) is 48.5 Å². The van der Waals surface area contributed by atoms with Crippen LogP contribution in [0.3, 0.4) is 0 Å². The Hall–Kier alpha value is -3.02. The number of rotatable bonds is 14. The second-order valence-electron chi connectivity index (χ2n) is 7.28. The highest BCUT2D eigenvalue weighted by Gasteiger charge is 2.24. The Labute approximate surface area is 185 Å². The van der Waals surface area contributed by atoms with Crippen LogP contribution in [0, 0.1) is 0 Å². The second kappa shape index (κ2) is 12.6. The molecule has 1 aliphatic heterocycles. The highest BCUT2D eigenvalue weighted by Crippen LogP contribution is 2.21. The first-order valence-corrected chi connectivity index (χ1v) is 10.9. The van der Waals surface area contributed by atoms with Gasteiger partial charge in [0, 0.05) is 18.5 Å². The molecule has 0 radical (unpaired) electrons. The minimum atomic E-state index is -0.393. The van der Waals surface area contributed by atoms with E-state index in [2.05, 4.69) is 23.2 Å². The average Bonchev–Trinajstić information content (AvgIpc) is 3.12. The molecule has 0 N–H and O–H groups in total. The van der Waals surface area contributed by atoms with Crippen molar-refractivity contribution in [3.05, 3.63) is 60.1 Å². The third-order valence-corrected chi connectivity index (χ3v) is 4.95. The number of carbonyl (C=O) groups is 1. The zero-order chi connectivity index (χ0) is 22.6. The van der Waals surface area contributed by atoms with Gasteiger partial charge in [-0.1, -0.05) is 57.6 Å². The van der Waals surface area contributed by atoms with Gasteiger partial charge in [0.1, 0.15) is 13.2 Å². The van der Waals surface area contributed by atoms with E-state index in [4.69, 9.17) is 14.3 Å². The van der Waals surface area contributed by atoms with Crippen LogP contribution in [0.15, 0.2) is 59.7 Å². The van der Waals surface area contributed by atoms with E-state index in [1.165, 1.54) is 0 Å². The van der Waals surface area contributed by atoms with Crippen LogP contribution in [0.4, 0.5) is 5.69 Å². The Morgan fingerprint density at radius 1 is 1.03 bits per heavy atom. The summed E-state index contributed by atoms with van der Waals surface area (Å²) in [6.07, 6.45) is 5.05. The Morgan fingerprint density at radius 3 is 2.13 bits per heavy atom. The van der Waals surface area contributed by atoms with E-state index >= 15 is 0 Å². The number of carbonyl (C=O) groups excluding carboxylic acids is 1. The molecule has 0 saturated carbocycles. The number of nitrogens with zero attached hydrogens (tertiary/aromatic N) is 2. The largest absolute Gasteiger partial charge is 0.497 e. The van der Waals surface area contributed by atoms with Crippen molar-refractivity contribution < 1.29 is 19.1 Å². The molecule has 168 valence electrons. The van der Waals surface area contributed by atoms with Gasteiger partial charge in [0.25, 0.3) is 0 Å². The van der Waals surface area contributed by atoms with Crippen LogP contribution >= 0.6 is 0 Å². The summed E-state index contributed by atoms with van der Waals surface area (Å²) in [6.45, 7) is 16.4. The molecule has 1 aliphatic rings. The van der Waals surface area contributed by atoms with E-state index in [0.29, 0.717) is 37.6 Å². The van der Waals surface area contributed by atoms with Crippen LogP contribution in [0.5, 0.6) is 0 Å².